The number of H-pyrrole nitrogens is 2. The number of nitrogens with zero attached hydrogens (tertiary/aromatic N) is 3. The van der Waals surface area contributed by atoms with Crippen molar-refractivity contribution < 1.29 is 27.3 Å². The number of benzene rings is 1. The maximum absolute atomic E-state index is 13.3. The molecule has 35 heavy (non-hydrogen) atoms. The van der Waals surface area contributed by atoms with Crippen LogP contribution in [0, 0.1) is 0 Å². The first-order valence-corrected chi connectivity index (χ1v) is 11.1. The summed E-state index contributed by atoms with van der Waals surface area (Å²) in [6, 6.07) is 5.52. The second kappa shape index (κ2) is 8.71. The van der Waals surface area contributed by atoms with Crippen LogP contribution in [0.4, 0.5) is 13.2 Å². The molecule has 0 radical (unpaired) electrons. The Bertz CT molecular complexity index is 1330. The van der Waals surface area contributed by atoms with E-state index in [9.17, 15) is 27.6 Å². The number of carbonyl (C=O) groups is 2. The van der Waals surface area contributed by atoms with E-state index in [-0.39, 0.29) is 47.3 Å². The first-order valence-electron chi connectivity index (χ1n) is 11.1. The van der Waals surface area contributed by atoms with Crippen LogP contribution in [-0.2, 0) is 23.9 Å². The molecule has 10 nitrogen and oxygen atoms in total. The zero-order chi connectivity index (χ0) is 24.7. The highest BCUT2D eigenvalue weighted by Crippen LogP contribution is 2.34. The Balaban J connectivity index is 1.32. The predicted octanol–water partition coefficient (Wildman–Crippen LogP) is 2.40. The molecule has 1 saturated carbocycles. The third kappa shape index (κ3) is 4.57. The lowest BCUT2D eigenvalue weighted by molar-refractivity contribution is -0.159. The maximum atomic E-state index is 13.3. The SMILES string of the molecule is O=C(Cc1cc(=O)[nH][nH]1)N[C@@H]1CCCC[C@H]1N1Cc2ccc(-c3noc(C(F)(F)F)n3)cc2C1=O. The monoisotopic (exact) mass is 490 g/mol. The van der Waals surface area contributed by atoms with Crippen LogP contribution in [0.2, 0.25) is 0 Å². The summed E-state index contributed by atoms with van der Waals surface area (Å²) in [5, 5.41) is 11.4. The quantitative estimate of drug-likeness (QED) is 0.502. The average Bonchev–Trinajstić information content (AvgIpc) is 3.53. The Morgan fingerprint density at radius 1 is 1.17 bits per heavy atom. The summed E-state index contributed by atoms with van der Waals surface area (Å²) < 4.78 is 42.7. The van der Waals surface area contributed by atoms with Gasteiger partial charge in [-0.05, 0) is 24.5 Å². The number of alkyl halides is 3. The number of aromatic amines is 2. The molecular weight excluding hydrogens is 469 g/mol. The normalized spacial score (nSPS) is 20.2. The molecule has 0 unspecified atom stereocenters. The Kier molecular flexibility index (Phi) is 5.69. The minimum absolute atomic E-state index is 0.00407. The second-order valence-corrected chi connectivity index (χ2v) is 8.71. The molecule has 3 N–H and O–H groups in total. The summed E-state index contributed by atoms with van der Waals surface area (Å²) in [5.74, 6) is -2.23. The summed E-state index contributed by atoms with van der Waals surface area (Å²) >= 11 is 0. The van der Waals surface area contributed by atoms with Crippen molar-refractivity contribution in [1.82, 2.24) is 30.6 Å². The topological polar surface area (TPSA) is 137 Å². The van der Waals surface area contributed by atoms with Gasteiger partial charge in [-0.25, -0.2) is 0 Å². The van der Waals surface area contributed by atoms with Crippen LogP contribution in [0.15, 0.2) is 33.6 Å². The van der Waals surface area contributed by atoms with Crippen LogP contribution in [0.25, 0.3) is 11.4 Å². The van der Waals surface area contributed by atoms with Crippen LogP contribution in [0.3, 0.4) is 0 Å². The first kappa shape index (κ1) is 22.9. The van der Waals surface area contributed by atoms with Crippen molar-refractivity contribution in [2.24, 2.45) is 0 Å². The second-order valence-electron chi connectivity index (χ2n) is 8.71. The van der Waals surface area contributed by atoms with E-state index in [1.54, 1.807) is 17.0 Å². The van der Waals surface area contributed by atoms with Gasteiger partial charge in [-0.15, -0.1) is 0 Å². The highest BCUT2D eigenvalue weighted by atomic mass is 19.4. The minimum atomic E-state index is -4.76. The van der Waals surface area contributed by atoms with E-state index in [0.29, 0.717) is 30.6 Å². The summed E-state index contributed by atoms with van der Waals surface area (Å²) in [4.78, 5) is 42.2. The molecule has 0 saturated heterocycles. The highest BCUT2D eigenvalue weighted by Gasteiger charge is 2.40. The Labute approximate surface area is 195 Å². The Hall–Kier alpha value is -3.90. The number of fused-ring (bicyclic) bond motifs is 1. The highest BCUT2D eigenvalue weighted by molar-refractivity contribution is 5.99. The maximum Gasteiger partial charge on any atom is 0.471 e. The minimum Gasteiger partial charge on any atom is -0.351 e. The average molecular weight is 490 g/mol. The Morgan fingerprint density at radius 3 is 2.69 bits per heavy atom. The number of halogens is 3. The molecule has 2 aliphatic rings. The molecule has 0 spiro atoms. The van der Waals surface area contributed by atoms with E-state index in [1.165, 1.54) is 12.1 Å². The summed E-state index contributed by atoms with van der Waals surface area (Å²) in [6.07, 6.45) is -1.54. The molecule has 1 aromatic carbocycles. The number of amides is 2. The lowest BCUT2D eigenvalue weighted by atomic mass is 9.89. The molecule has 2 amide bonds. The standard InChI is InChI=1S/C22H21F3N6O4/c23-22(24,25)21-27-19(30-35-21)11-5-6-12-10-31(20(34)14(12)7-11)16-4-2-1-3-15(16)26-17(32)8-13-9-18(33)29-28-13/h5-7,9,15-16H,1-4,8,10H2,(H,26,32)(H2,28,29,33)/t15-,16-/m1/s1. The van der Waals surface area contributed by atoms with Crippen molar-refractivity contribution in [3.63, 3.8) is 0 Å². The van der Waals surface area contributed by atoms with Gasteiger partial charge in [0.05, 0.1) is 12.5 Å². The Morgan fingerprint density at radius 2 is 1.97 bits per heavy atom. The van der Waals surface area contributed by atoms with Crippen LogP contribution in [0.5, 0.6) is 0 Å². The van der Waals surface area contributed by atoms with Crippen LogP contribution in [0.1, 0.15) is 53.2 Å². The van der Waals surface area contributed by atoms with E-state index in [0.717, 1.165) is 18.4 Å². The molecule has 5 rings (SSSR count). The van der Waals surface area contributed by atoms with Gasteiger partial charge in [0.2, 0.25) is 11.7 Å². The summed E-state index contributed by atoms with van der Waals surface area (Å²) in [7, 11) is 0. The van der Waals surface area contributed by atoms with Gasteiger partial charge in [-0.1, -0.05) is 30.1 Å². The largest absolute Gasteiger partial charge is 0.471 e. The summed E-state index contributed by atoms with van der Waals surface area (Å²) in [6.45, 7) is 0.330. The smallest absolute Gasteiger partial charge is 0.351 e. The lowest BCUT2D eigenvalue weighted by Gasteiger charge is -2.38. The molecular formula is C22H21F3N6O4. The van der Waals surface area contributed by atoms with E-state index in [2.05, 4.69) is 30.2 Å². The van der Waals surface area contributed by atoms with Crippen LogP contribution >= 0.6 is 0 Å². The number of rotatable bonds is 5. The van der Waals surface area contributed by atoms with Gasteiger partial charge < -0.3 is 19.8 Å². The van der Waals surface area contributed by atoms with Crippen LogP contribution < -0.4 is 10.9 Å². The molecule has 1 fully saturated rings. The summed E-state index contributed by atoms with van der Waals surface area (Å²) in [5.41, 5.74) is 1.48. The van der Waals surface area contributed by atoms with E-state index < -0.39 is 12.1 Å². The molecule has 1 aliphatic heterocycles. The molecule has 3 heterocycles. The van der Waals surface area contributed by atoms with Gasteiger partial charge in [0.25, 0.3) is 11.5 Å². The number of hydrogen-bond acceptors (Lipinski definition) is 6. The van der Waals surface area contributed by atoms with Gasteiger partial charge in [0, 0.05) is 35.5 Å². The van der Waals surface area contributed by atoms with Gasteiger partial charge in [-0.2, -0.15) is 18.2 Å². The predicted molar refractivity (Wildman–Crippen MR) is 114 cm³/mol. The molecule has 184 valence electrons. The van der Waals surface area contributed by atoms with Gasteiger partial charge in [0.1, 0.15) is 0 Å². The molecule has 13 heteroatoms. The van der Waals surface area contributed by atoms with Crippen molar-refractivity contribution in [1.29, 1.82) is 0 Å². The van der Waals surface area contributed by atoms with E-state index in [4.69, 9.17) is 0 Å². The third-order valence-corrected chi connectivity index (χ3v) is 6.35. The van der Waals surface area contributed by atoms with Crippen molar-refractivity contribution >= 4 is 11.8 Å². The van der Waals surface area contributed by atoms with E-state index in [1.807, 2.05) is 0 Å². The number of carbonyl (C=O) groups excluding carboxylic acids is 2. The van der Waals surface area contributed by atoms with Gasteiger partial charge in [-0.3, -0.25) is 19.5 Å². The fraction of sp³-hybridized carbons (Fsp3) is 0.409. The lowest BCUT2D eigenvalue weighted by Crippen LogP contribution is -2.53. The fourth-order valence-corrected chi connectivity index (χ4v) is 4.74. The molecule has 2 aromatic heterocycles. The first-order chi connectivity index (χ1) is 16.7. The molecule has 3 aromatic rings. The zero-order valence-electron chi connectivity index (χ0n) is 18.3. The van der Waals surface area contributed by atoms with Gasteiger partial charge in [0.15, 0.2) is 0 Å². The van der Waals surface area contributed by atoms with E-state index >= 15 is 0 Å². The zero-order valence-corrected chi connectivity index (χ0v) is 18.3. The van der Waals surface area contributed by atoms with Crippen molar-refractivity contribution in [3.8, 4) is 11.4 Å². The molecule has 1 aliphatic carbocycles. The van der Waals surface area contributed by atoms with Gasteiger partial charge >= 0.3 is 12.1 Å². The van der Waals surface area contributed by atoms with Crippen molar-refractivity contribution in [2.45, 2.75) is 56.9 Å². The van der Waals surface area contributed by atoms with Crippen LogP contribution in [-0.4, -0.2) is 49.1 Å². The number of hydrogen-bond donors (Lipinski definition) is 3. The number of aromatic nitrogens is 4. The third-order valence-electron chi connectivity index (χ3n) is 6.35. The fourth-order valence-electron chi connectivity index (χ4n) is 4.74. The molecule has 2 atom stereocenters. The van der Waals surface area contributed by atoms with Crippen molar-refractivity contribution in [2.75, 3.05) is 0 Å². The molecule has 0 bridgehead atoms. The number of nitrogens with one attached hydrogen (secondary N) is 3. The van der Waals surface area contributed by atoms with Crippen molar-refractivity contribution in [3.05, 3.63) is 57.3 Å².